The van der Waals surface area contributed by atoms with Gasteiger partial charge in [0.1, 0.15) is 0 Å². The lowest BCUT2D eigenvalue weighted by Gasteiger charge is -2.25. The zero-order chi connectivity index (χ0) is 14.4. The van der Waals surface area contributed by atoms with Crippen LogP contribution in [0, 0.1) is 5.92 Å². The Kier molecular flexibility index (Phi) is 7.20. The molecule has 108 valence electrons. The first-order chi connectivity index (χ1) is 8.97. The molecule has 0 saturated heterocycles. The van der Waals surface area contributed by atoms with Gasteiger partial charge >= 0.3 is 0 Å². The van der Waals surface area contributed by atoms with Gasteiger partial charge in [-0.25, -0.2) is 0 Å². The number of rotatable bonds is 7. The van der Waals surface area contributed by atoms with Crippen molar-refractivity contribution >= 4 is 23.2 Å². The van der Waals surface area contributed by atoms with Gasteiger partial charge in [0.05, 0.1) is 10.0 Å². The van der Waals surface area contributed by atoms with Crippen molar-refractivity contribution in [3.8, 4) is 0 Å². The second-order valence-corrected chi connectivity index (χ2v) is 6.23. The molecule has 19 heavy (non-hydrogen) atoms. The fourth-order valence-electron chi connectivity index (χ4n) is 2.24. The summed E-state index contributed by atoms with van der Waals surface area (Å²) in [5.41, 5.74) is 1.19. The van der Waals surface area contributed by atoms with Crippen LogP contribution >= 0.6 is 23.2 Å². The van der Waals surface area contributed by atoms with Gasteiger partial charge in [-0.05, 0) is 43.4 Å². The molecule has 0 aliphatic carbocycles. The van der Waals surface area contributed by atoms with E-state index < -0.39 is 0 Å². The van der Waals surface area contributed by atoms with E-state index in [4.69, 9.17) is 23.2 Å². The molecule has 3 heteroatoms. The van der Waals surface area contributed by atoms with Gasteiger partial charge in [-0.15, -0.1) is 0 Å². The highest BCUT2D eigenvalue weighted by Gasteiger charge is 2.15. The normalized spacial score (nSPS) is 16.1. The summed E-state index contributed by atoms with van der Waals surface area (Å²) < 4.78 is 0. The summed E-state index contributed by atoms with van der Waals surface area (Å²) in [4.78, 5) is 0. The number of halogens is 2. The van der Waals surface area contributed by atoms with Gasteiger partial charge in [-0.1, -0.05) is 56.5 Å². The molecule has 3 unspecified atom stereocenters. The minimum Gasteiger partial charge on any atom is -0.307 e. The minimum atomic E-state index is 0.295. The van der Waals surface area contributed by atoms with Crippen LogP contribution in [0.1, 0.15) is 58.6 Å². The van der Waals surface area contributed by atoms with E-state index in [1.807, 2.05) is 18.2 Å². The minimum absolute atomic E-state index is 0.295. The van der Waals surface area contributed by atoms with Crippen LogP contribution in [0.15, 0.2) is 18.2 Å². The lowest BCUT2D eigenvalue weighted by atomic mass is 9.96. The molecule has 1 aromatic carbocycles. The Hall–Kier alpha value is -0.240. The lowest BCUT2D eigenvalue weighted by molar-refractivity contribution is 0.359. The van der Waals surface area contributed by atoms with Crippen molar-refractivity contribution in [2.75, 3.05) is 0 Å². The van der Waals surface area contributed by atoms with Gasteiger partial charge in [0.25, 0.3) is 0 Å². The SMILES string of the molecule is CCC(C)CC(CC)NC(C)c1ccc(Cl)c(Cl)c1. The maximum atomic E-state index is 6.08. The highest BCUT2D eigenvalue weighted by Crippen LogP contribution is 2.26. The Morgan fingerprint density at radius 2 is 1.74 bits per heavy atom. The van der Waals surface area contributed by atoms with E-state index in [-0.39, 0.29) is 0 Å². The van der Waals surface area contributed by atoms with Crippen molar-refractivity contribution in [2.24, 2.45) is 5.92 Å². The Morgan fingerprint density at radius 3 is 2.26 bits per heavy atom. The third-order valence-corrected chi connectivity index (χ3v) is 4.54. The van der Waals surface area contributed by atoms with E-state index in [0.717, 1.165) is 12.3 Å². The predicted molar refractivity (Wildman–Crippen MR) is 86.2 cm³/mol. The van der Waals surface area contributed by atoms with E-state index in [1.165, 1.54) is 18.4 Å². The fourth-order valence-corrected chi connectivity index (χ4v) is 2.54. The first kappa shape index (κ1) is 16.8. The number of nitrogens with one attached hydrogen (secondary N) is 1. The topological polar surface area (TPSA) is 12.0 Å². The van der Waals surface area contributed by atoms with Crippen LogP contribution in [0.5, 0.6) is 0 Å². The summed E-state index contributed by atoms with van der Waals surface area (Å²) in [7, 11) is 0. The maximum absolute atomic E-state index is 6.08. The second kappa shape index (κ2) is 8.14. The van der Waals surface area contributed by atoms with Crippen molar-refractivity contribution in [1.82, 2.24) is 5.32 Å². The average Bonchev–Trinajstić information content (AvgIpc) is 2.40. The Morgan fingerprint density at radius 1 is 1.05 bits per heavy atom. The molecule has 0 bridgehead atoms. The van der Waals surface area contributed by atoms with Crippen molar-refractivity contribution < 1.29 is 0 Å². The number of benzene rings is 1. The first-order valence-corrected chi connectivity index (χ1v) is 7.94. The molecule has 0 aliphatic rings. The number of hydrogen-bond donors (Lipinski definition) is 1. The second-order valence-electron chi connectivity index (χ2n) is 5.42. The third-order valence-electron chi connectivity index (χ3n) is 3.81. The average molecular weight is 302 g/mol. The van der Waals surface area contributed by atoms with Crippen molar-refractivity contribution in [3.63, 3.8) is 0 Å². The predicted octanol–water partition coefficient (Wildman–Crippen LogP) is 5.86. The standard InChI is InChI=1S/C16H25Cl2N/c1-5-11(3)9-14(6-2)19-12(4)13-7-8-15(17)16(18)10-13/h7-8,10-12,14,19H,5-6,9H2,1-4H3. The molecule has 0 saturated carbocycles. The molecule has 1 N–H and O–H groups in total. The van der Waals surface area contributed by atoms with E-state index in [9.17, 15) is 0 Å². The van der Waals surface area contributed by atoms with Crippen molar-refractivity contribution in [3.05, 3.63) is 33.8 Å². The maximum Gasteiger partial charge on any atom is 0.0595 e. The molecule has 1 aromatic rings. The van der Waals surface area contributed by atoms with Crippen LogP contribution in [0.3, 0.4) is 0 Å². The summed E-state index contributed by atoms with van der Waals surface area (Å²) in [6.07, 6.45) is 3.61. The first-order valence-electron chi connectivity index (χ1n) is 7.18. The van der Waals surface area contributed by atoms with Crippen LogP contribution in [0.2, 0.25) is 10.0 Å². The van der Waals surface area contributed by atoms with E-state index in [1.54, 1.807) is 0 Å². The molecule has 0 heterocycles. The van der Waals surface area contributed by atoms with Crippen LogP contribution in [0.4, 0.5) is 0 Å². The molecular formula is C16H25Cl2N. The zero-order valence-corrected chi connectivity index (χ0v) is 13.9. The van der Waals surface area contributed by atoms with Crippen LogP contribution in [-0.4, -0.2) is 6.04 Å². The Balaban J connectivity index is 2.65. The molecule has 0 fully saturated rings. The summed E-state index contributed by atoms with van der Waals surface area (Å²) in [6.45, 7) is 8.98. The molecule has 0 amide bonds. The van der Waals surface area contributed by atoms with Crippen molar-refractivity contribution in [2.45, 2.75) is 59.0 Å². The largest absolute Gasteiger partial charge is 0.307 e. The molecule has 3 atom stereocenters. The van der Waals surface area contributed by atoms with Crippen LogP contribution in [0.25, 0.3) is 0 Å². The van der Waals surface area contributed by atoms with Crippen LogP contribution < -0.4 is 5.32 Å². The van der Waals surface area contributed by atoms with Crippen LogP contribution in [-0.2, 0) is 0 Å². The third kappa shape index (κ3) is 5.33. The monoisotopic (exact) mass is 301 g/mol. The van der Waals surface area contributed by atoms with E-state index in [0.29, 0.717) is 22.1 Å². The van der Waals surface area contributed by atoms with Gasteiger partial charge in [0, 0.05) is 12.1 Å². The molecular weight excluding hydrogens is 277 g/mol. The Bertz CT molecular complexity index is 392. The highest BCUT2D eigenvalue weighted by molar-refractivity contribution is 6.42. The zero-order valence-electron chi connectivity index (χ0n) is 12.3. The van der Waals surface area contributed by atoms with E-state index in [2.05, 4.69) is 33.0 Å². The summed E-state index contributed by atoms with van der Waals surface area (Å²) in [5.74, 6) is 0.762. The van der Waals surface area contributed by atoms with Gasteiger partial charge in [0.2, 0.25) is 0 Å². The lowest BCUT2D eigenvalue weighted by Crippen LogP contribution is -2.32. The molecule has 0 aliphatic heterocycles. The fraction of sp³-hybridized carbons (Fsp3) is 0.625. The van der Waals surface area contributed by atoms with E-state index >= 15 is 0 Å². The highest BCUT2D eigenvalue weighted by atomic mass is 35.5. The molecule has 0 aromatic heterocycles. The smallest absolute Gasteiger partial charge is 0.0595 e. The van der Waals surface area contributed by atoms with Gasteiger partial charge in [-0.3, -0.25) is 0 Å². The molecule has 1 nitrogen and oxygen atoms in total. The van der Waals surface area contributed by atoms with Gasteiger partial charge < -0.3 is 5.32 Å². The van der Waals surface area contributed by atoms with Gasteiger partial charge in [-0.2, -0.15) is 0 Å². The Labute approximate surface area is 127 Å². The molecule has 0 spiro atoms. The summed E-state index contributed by atoms with van der Waals surface area (Å²) in [6, 6.07) is 6.72. The molecule has 0 radical (unpaired) electrons. The van der Waals surface area contributed by atoms with Gasteiger partial charge in [0.15, 0.2) is 0 Å². The summed E-state index contributed by atoms with van der Waals surface area (Å²) in [5, 5.41) is 4.94. The number of hydrogen-bond acceptors (Lipinski definition) is 1. The van der Waals surface area contributed by atoms with Crippen molar-refractivity contribution in [1.29, 1.82) is 0 Å². The summed E-state index contributed by atoms with van der Waals surface area (Å²) >= 11 is 12.0. The quantitative estimate of drug-likeness (QED) is 0.665. The molecule has 1 rings (SSSR count).